The minimum atomic E-state index is -3.86. The van der Waals surface area contributed by atoms with Crippen LogP contribution in [-0.4, -0.2) is 30.7 Å². The average Bonchev–Trinajstić information content (AvgIpc) is 2.29. The smallest absolute Gasteiger partial charge is 0.303 e. The predicted octanol–water partition coefficient (Wildman–Crippen LogP) is 1.41. The molecule has 1 atom stereocenters. The Morgan fingerprint density at radius 3 is 2.74 bits per heavy atom. The number of hydrogen-bond donors (Lipinski definition) is 2. The summed E-state index contributed by atoms with van der Waals surface area (Å²) in [5.74, 6) is -1.83. The average molecular weight is 348 g/mol. The van der Waals surface area contributed by atoms with Gasteiger partial charge in [-0.2, -0.15) is 0 Å². The number of carbonyl (C=O) groups is 2. The molecule has 19 heavy (non-hydrogen) atoms. The van der Waals surface area contributed by atoms with E-state index in [1.807, 2.05) is 0 Å². The van der Waals surface area contributed by atoms with Crippen LogP contribution in [-0.2, 0) is 19.4 Å². The van der Waals surface area contributed by atoms with E-state index in [2.05, 4.69) is 21.2 Å². The lowest BCUT2D eigenvalue weighted by molar-refractivity contribution is -0.137. The normalized spacial score (nSPS) is 20.5. The van der Waals surface area contributed by atoms with E-state index < -0.39 is 27.0 Å². The molecule has 0 spiro atoms. The standard InChI is InChI=1S/C11H10BrNO5S/c12-6-2-1-3-7-10(6)13-11(16)8(19(7,17)18)4-5-9(14)15/h1-3,8H,4-5H2,(H,13,16)(H,14,15). The Hall–Kier alpha value is -1.41. The van der Waals surface area contributed by atoms with Crippen LogP contribution in [0.1, 0.15) is 12.8 Å². The molecule has 1 unspecified atom stereocenters. The van der Waals surface area contributed by atoms with E-state index in [4.69, 9.17) is 5.11 Å². The Bertz CT molecular complexity index is 655. The van der Waals surface area contributed by atoms with Gasteiger partial charge in [0.25, 0.3) is 0 Å². The van der Waals surface area contributed by atoms with Gasteiger partial charge in [0.15, 0.2) is 9.84 Å². The molecular formula is C11H10BrNO5S. The number of carboxylic acid groups (broad SMARTS) is 1. The number of fused-ring (bicyclic) bond motifs is 1. The third-order valence-corrected chi connectivity index (χ3v) is 5.63. The lowest BCUT2D eigenvalue weighted by atomic mass is 10.2. The Morgan fingerprint density at radius 2 is 2.11 bits per heavy atom. The van der Waals surface area contributed by atoms with E-state index >= 15 is 0 Å². The van der Waals surface area contributed by atoms with Crippen molar-refractivity contribution in [3.05, 3.63) is 22.7 Å². The van der Waals surface area contributed by atoms with Gasteiger partial charge in [-0.3, -0.25) is 9.59 Å². The number of halogens is 1. The van der Waals surface area contributed by atoms with E-state index in [1.54, 1.807) is 12.1 Å². The number of amides is 1. The highest BCUT2D eigenvalue weighted by atomic mass is 79.9. The van der Waals surface area contributed by atoms with Crippen LogP contribution in [0.5, 0.6) is 0 Å². The molecule has 0 aromatic heterocycles. The molecule has 1 aliphatic rings. The first-order valence-corrected chi connectivity index (χ1v) is 7.73. The van der Waals surface area contributed by atoms with Gasteiger partial charge in [-0.25, -0.2) is 8.42 Å². The fourth-order valence-corrected chi connectivity index (χ4v) is 4.29. The molecule has 1 aromatic rings. The first kappa shape index (κ1) is 14.0. The van der Waals surface area contributed by atoms with Crippen molar-refractivity contribution in [1.29, 1.82) is 0 Å². The molecule has 0 radical (unpaired) electrons. The second kappa shape index (κ2) is 4.93. The van der Waals surface area contributed by atoms with Crippen molar-refractivity contribution in [1.82, 2.24) is 0 Å². The Labute approximate surface area is 117 Å². The van der Waals surface area contributed by atoms with E-state index in [-0.39, 0.29) is 23.4 Å². The molecular weight excluding hydrogens is 338 g/mol. The number of benzene rings is 1. The van der Waals surface area contributed by atoms with Gasteiger partial charge in [-0.1, -0.05) is 6.07 Å². The fraction of sp³-hybridized carbons (Fsp3) is 0.273. The van der Waals surface area contributed by atoms with Gasteiger partial charge in [-0.15, -0.1) is 0 Å². The topological polar surface area (TPSA) is 101 Å². The zero-order valence-corrected chi connectivity index (χ0v) is 12.0. The van der Waals surface area contributed by atoms with Crippen molar-refractivity contribution in [3.63, 3.8) is 0 Å². The molecule has 0 fully saturated rings. The van der Waals surface area contributed by atoms with Crippen LogP contribution < -0.4 is 5.32 Å². The SMILES string of the molecule is O=C(O)CCC1C(=O)Nc2c(Br)cccc2S1(=O)=O. The van der Waals surface area contributed by atoms with Gasteiger partial charge < -0.3 is 10.4 Å². The monoisotopic (exact) mass is 347 g/mol. The summed E-state index contributed by atoms with van der Waals surface area (Å²) < 4.78 is 25.1. The highest BCUT2D eigenvalue weighted by Gasteiger charge is 2.40. The molecule has 1 aliphatic heterocycles. The first-order valence-electron chi connectivity index (χ1n) is 5.39. The Morgan fingerprint density at radius 1 is 1.42 bits per heavy atom. The highest BCUT2D eigenvalue weighted by molar-refractivity contribution is 9.10. The van der Waals surface area contributed by atoms with Crippen molar-refractivity contribution < 1.29 is 23.1 Å². The van der Waals surface area contributed by atoms with Crippen LogP contribution in [0.2, 0.25) is 0 Å². The summed E-state index contributed by atoms with van der Waals surface area (Å²) in [5.41, 5.74) is 0.207. The number of para-hydroxylation sites is 1. The number of carboxylic acids is 1. The van der Waals surface area contributed by atoms with Crippen molar-refractivity contribution in [3.8, 4) is 0 Å². The Balaban J connectivity index is 2.46. The third-order valence-electron chi connectivity index (χ3n) is 2.82. The number of carbonyl (C=O) groups excluding carboxylic acids is 1. The van der Waals surface area contributed by atoms with Crippen LogP contribution in [0.4, 0.5) is 5.69 Å². The maximum atomic E-state index is 12.3. The van der Waals surface area contributed by atoms with Gasteiger partial charge in [0.1, 0.15) is 5.25 Å². The highest BCUT2D eigenvalue weighted by Crippen LogP contribution is 2.36. The molecule has 0 bridgehead atoms. The summed E-state index contributed by atoms with van der Waals surface area (Å²) in [6, 6.07) is 4.56. The number of anilines is 1. The van der Waals surface area contributed by atoms with Gasteiger partial charge in [0.2, 0.25) is 5.91 Å². The summed E-state index contributed by atoms with van der Waals surface area (Å²) in [4.78, 5) is 22.4. The van der Waals surface area contributed by atoms with Gasteiger partial charge in [0.05, 0.1) is 10.6 Å². The van der Waals surface area contributed by atoms with E-state index in [0.29, 0.717) is 4.47 Å². The van der Waals surface area contributed by atoms with Crippen LogP contribution in [0.25, 0.3) is 0 Å². The molecule has 6 nitrogen and oxygen atoms in total. The van der Waals surface area contributed by atoms with Crippen molar-refractivity contribution >= 4 is 43.3 Å². The van der Waals surface area contributed by atoms with Crippen LogP contribution in [0.15, 0.2) is 27.6 Å². The van der Waals surface area contributed by atoms with Crippen molar-refractivity contribution in [2.75, 3.05) is 5.32 Å². The maximum absolute atomic E-state index is 12.3. The number of aliphatic carboxylic acids is 1. The predicted molar refractivity (Wildman–Crippen MR) is 70.6 cm³/mol. The van der Waals surface area contributed by atoms with Gasteiger partial charge in [-0.05, 0) is 34.5 Å². The van der Waals surface area contributed by atoms with Crippen molar-refractivity contribution in [2.45, 2.75) is 23.0 Å². The van der Waals surface area contributed by atoms with Crippen LogP contribution >= 0.6 is 15.9 Å². The van der Waals surface area contributed by atoms with Gasteiger partial charge >= 0.3 is 5.97 Å². The zero-order chi connectivity index (χ0) is 14.2. The number of hydrogen-bond acceptors (Lipinski definition) is 4. The minimum Gasteiger partial charge on any atom is -0.481 e. The lowest BCUT2D eigenvalue weighted by Gasteiger charge is -2.25. The first-order chi connectivity index (χ1) is 8.84. The second-order valence-electron chi connectivity index (χ2n) is 4.07. The molecule has 0 aliphatic carbocycles. The summed E-state index contributed by atoms with van der Waals surface area (Å²) in [6.45, 7) is 0. The minimum absolute atomic E-state index is 0.0110. The summed E-state index contributed by atoms with van der Waals surface area (Å²) in [6.07, 6.45) is -0.615. The second-order valence-corrected chi connectivity index (χ2v) is 7.02. The lowest BCUT2D eigenvalue weighted by Crippen LogP contribution is -2.40. The third kappa shape index (κ3) is 2.50. The molecule has 8 heteroatoms. The molecule has 102 valence electrons. The van der Waals surface area contributed by atoms with Crippen LogP contribution in [0.3, 0.4) is 0 Å². The van der Waals surface area contributed by atoms with E-state index in [9.17, 15) is 18.0 Å². The number of rotatable bonds is 3. The van der Waals surface area contributed by atoms with E-state index in [1.165, 1.54) is 6.07 Å². The Kier molecular flexibility index (Phi) is 3.64. The molecule has 0 saturated carbocycles. The molecule has 1 amide bonds. The maximum Gasteiger partial charge on any atom is 0.303 e. The zero-order valence-electron chi connectivity index (χ0n) is 9.59. The molecule has 0 saturated heterocycles. The molecule has 1 aromatic carbocycles. The van der Waals surface area contributed by atoms with Crippen molar-refractivity contribution in [2.24, 2.45) is 0 Å². The fourth-order valence-electron chi connectivity index (χ4n) is 1.90. The molecule has 2 N–H and O–H groups in total. The largest absolute Gasteiger partial charge is 0.481 e. The van der Waals surface area contributed by atoms with Crippen LogP contribution in [0, 0.1) is 0 Å². The number of sulfone groups is 1. The number of nitrogens with one attached hydrogen (secondary N) is 1. The summed E-state index contributed by atoms with van der Waals surface area (Å²) in [5, 5.41) is 9.75. The summed E-state index contributed by atoms with van der Waals surface area (Å²) >= 11 is 3.17. The quantitative estimate of drug-likeness (QED) is 0.860. The summed E-state index contributed by atoms with van der Waals surface area (Å²) in [7, 11) is -3.86. The van der Waals surface area contributed by atoms with Gasteiger partial charge in [0, 0.05) is 10.9 Å². The molecule has 1 heterocycles. The van der Waals surface area contributed by atoms with E-state index in [0.717, 1.165) is 0 Å². The molecule has 2 rings (SSSR count).